The van der Waals surface area contributed by atoms with Crippen molar-refractivity contribution in [1.82, 2.24) is 10.2 Å². The molecule has 0 saturated heterocycles. The quantitative estimate of drug-likeness (QED) is 0.759. The molecule has 0 radical (unpaired) electrons. The van der Waals surface area contributed by atoms with Crippen molar-refractivity contribution in [2.75, 3.05) is 11.9 Å². The highest BCUT2D eigenvalue weighted by Crippen LogP contribution is 2.17. The van der Waals surface area contributed by atoms with E-state index in [0.29, 0.717) is 30.8 Å². The van der Waals surface area contributed by atoms with Crippen LogP contribution in [-0.2, 0) is 4.79 Å². The molecule has 0 aliphatic carbocycles. The van der Waals surface area contributed by atoms with Crippen molar-refractivity contribution in [3.8, 4) is 6.07 Å². The van der Waals surface area contributed by atoms with Crippen molar-refractivity contribution in [2.45, 2.75) is 33.6 Å². The largest absolute Gasteiger partial charge is 0.481 e. The van der Waals surface area contributed by atoms with Crippen LogP contribution in [0.3, 0.4) is 0 Å². The molecular weight excluding hydrogens is 244 g/mol. The van der Waals surface area contributed by atoms with E-state index in [1.54, 1.807) is 6.92 Å². The number of nitriles is 1. The molecular formula is C13H18N4O2. The molecule has 0 aromatic carbocycles. The predicted octanol–water partition coefficient (Wildman–Crippen LogP) is 1.88. The first-order valence-electron chi connectivity index (χ1n) is 6.18. The van der Waals surface area contributed by atoms with Crippen LogP contribution in [0.15, 0.2) is 0 Å². The van der Waals surface area contributed by atoms with E-state index >= 15 is 0 Å². The van der Waals surface area contributed by atoms with Crippen LogP contribution in [0.1, 0.15) is 36.6 Å². The van der Waals surface area contributed by atoms with Crippen LogP contribution in [0, 0.1) is 31.1 Å². The Balaban J connectivity index is 2.58. The van der Waals surface area contributed by atoms with Gasteiger partial charge in [0.05, 0.1) is 11.6 Å². The van der Waals surface area contributed by atoms with E-state index in [4.69, 9.17) is 10.4 Å². The summed E-state index contributed by atoms with van der Waals surface area (Å²) in [4.78, 5) is 10.7. The van der Waals surface area contributed by atoms with Crippen LogP contribution < -0.4 is 5.32 Å². The summed E-state index contributed by atoms with van der Waals surface area (Å²) in [7, 11) is 0. The number of aromatic nitrogens is 2. The first-order chi connectivity index (χ1) is 8.97. The van der Waals surface area contributed by atoms with E-state index < -0.39 is 5.97 Å². The number of hydrogen-bond donors (Lipinski definition) is 2. The highest BCUT2D eigenvalue weighted by Gasteiger charge is 2.12. The molecule has 0 bridgehead atoms. The number of nitrogens with zero attached hydrogens (tertiary/aromatic N) is 3. The lowest BCUT2D eigenvalue weighted by atomic mass is 10.1. The summed E-state index contributed by atoms with van der Waals surface area (Å²) in [6.07, 6.45) is 1.29. The number of hydrogen-bond acceptors (Lipinski definition) is 5. The Labute approximate surface area is 112 Å². The summed E-state index contributed by atoms with van der Waals surface area (Å²) in [6.45, 7) is 5.89. The van der Waals surface area contributed by atoms with Crippen LogP contribution in [0.25, 0.3) is 0 Å². The lowest BCUT2D eigenvalue weighted by molar-refractivity contribution is -0.141. The van der Waals surface area contributed by atoms with Crippen molar-refractivity contribution in [1.29, 1.82) is 5.26 Å². The van der Waals surface area contributed by atoms with Gasteiger partial charge in [-0.15, -0.1) is 5.10 Å². The number of nitrogens with one attached hydrogen (secondary N) is 1. The smallest absolute Gasteiger partial charge is 0.306 e. The molecule has 0 fully saturated rings. The molecule has 0 saturated carbocycles. The maximum atomic E-state index is 10.7. The van der Waals surface area contributed by atoms with Gasteiger partial charge in [0.2, 0.25) is 0 Å². The first kappa shape index (κ1) is 14.9. The van der Waals surface area contributed by atoms with Crippen molar-refractivity contribution >= 4 is 11.8 Å². The number of aryl methyl sites for hydroxylation is 1. The van der Waals surface area contributed by atoms with E-state index in [9.17, 15) is 4.79 Å². The average Bonchev–Trinajstić information content (AvgIpc) is 2.38. The summed E-state index contributed by atoms with van der Waals surface area (Å²) in [5.41, 5.74) is 2.05. The van der Waals surface area contributed by atoms with Crippen LogP contribution >= 0.6 is 0 Å². The molecule has 0 aliphatic rings. The molecule has 1 unspecified atom stereocenters. The number of carboxylic acids is 1. The molecule has 1 atom stereocenters. The van der Waals surface area contributed by atoms with Crippen molar-refractivity contribution in [2.24, 2.45) is 5.92 Å². The number of carboxylic acid groups (broad SMARTS) is 1. The van der Waals surface area contributed by atoms with Gasteiger partial charge >= 0.3 is 5.97 Å². The zero-order valence-corrected chi connectivity index (χ0v) is 11.4. The molecule has 6 heteroatoms. The van der Waals surface area contributed by atoms with Gasteiger partial charge in [0.1, 0.15) is 11.6 Å². The fraction of sp³-hybridized carbons (Fsp3) is 0.538. The van der Waals surface area contributed by atoms with Crippen LogP contribution in [0.4, 0.5) is 5.82 Å². The highest BCUT2D eigenvalue weighted by molar-refractivity contribution is 5.69. The van der Waals surface area contributed by atoms with Gasteiger partial charge in [0.25, 0.3) is 0 Å². The van der Waals surface area contributed by atoms with E-state index in [1.807, 2.05) is 13.8 Å². The zero-order valence-electron chi connectivity index (χ0n) is 11.4. The predicted molar refractivity (Wildman–Crippen MR) is 70.7 cm³/mol. The summed E-state index contributed by atoms with van der Waals surface area (Å²) in [6, 6.07) is 2.11. The average molecular weight is 262 g/mol. The Kier molecular flexibility index (Phi) is 5.24. The SMILES string of the molecule is Cc1nnc(NCCCC(C)C(=O)O)c(C#N)c1C. The zero-order chi connectivity index (χ0) is 14.4. The molecule has 6 nitrogen and oxygen atoms in total. The van der Waals surface area contributed by atoms with Gasteiger partial charge in [0, 0.05) is 6.54 Å². The lowest BCUT2D eigenvalue weighted by Gasteiger charge is -2.10. The van der Waals surface area contributed by atoms with Gasteiger partial charge in [-0.1, -0.05) is 6.92 Å². The maximum Gasteiger partial charge on any atom is 0.306 e. The van der Waals surface area contributed by atoms with Gasteiger partial charge in [-0.3, -0.25) is 4.79 Å². The molecule has 0 amide bonds. The Morgan fingerprint density at radius 2 is 2.16 bits per heavy atom. The molecule has 102 valence electrons. The van der Waals surface area contributed by atoms with Crippen molar-refractivity contribution in [3.63, 3.8) is 0 Å². The van der Waals surface area contributed by atoms with E-state index in [0.717, 1.165) is 11.3 Å². The first-order valence-corrected chi connectivity index (χ1v) is 6.18. The van der Waals surface area contributed by atoms with Gasteiger partial charge in [-0.05, 0) is 32.3 Å². The van der Waals surface area contributed by atoms with Gasteiger partial charge < -0.3 is 10.4 Å². The van der Waals surface area contributed by atoms with Gasteiger partial charge in [-0.2, -0.15) is 10.4 Å². The van der Waals surface area contributed by atoms with Crippen molar-refractivity contribution < 1.29 is 9.90 Å². The Morgan fingerprint density at radius 1 is 1.47 bits per heavy atom. The van der Waals surface area contributed by atoms with Gasteiger partial charge in [0.15, 0.2) is 5.82 Å². The molecule has 1 aromatic heterocycles. The second kappa shape index (κ2) is 6.69. The van der Waals surface area contributed by atoms with Crippen LogP contribution in [0.2, 0.25) is 0 Å². The highest BCUT2D eigenvalue weighted by atomic mass is 16.4. The van der Waals surface area contributed by atoms with Gasteiger partial charge in [-0.25, -0.2) is 0 Å². The molecule has 1 rings (SSSR count). The third-order valence-corrected chi connectivity index (χ3v) is 3.09. The fourth-order valence-electron chi connectivity index (χ4n) is 1.61. The summed E-state index contributed by atoms with van der Waals surface area (Å²) >= 11 is 0. The minimum atomic E-state index is -0.788. The Morgan fingerprint density at radius 3 is 2.74 bits per heavy atom. The number of carbonyl (C=O) groups is 1. The standard InChI is InChI=1S/C13H18N4O2/c1-8(13(18)19)5-4-6-15-12-11(7-14)9(2)10(3)16-17-12/h8H,4-6H2,1-3H3,(H,15,17)(H,18,19). The molecule has 1 heterocycles. The third kappa shape index (κ3) is 3.91. The van der Waals surface area contributed by atoms with E-state index in [-0.39, 0.29) is 5.92 Å². The Bertz CT molecular complexity index is 508. The third-order valence-electron chi connectivity index (χ3n) is 3.09. The van der Waals surface area contributed by atoms with E-state index in [2.05, 4.69) is 21.6 Å². The maximum absolute atomic E-state index is 10.7. The van der Waals surface area contributed by atoms with Crippen LogP contribution in [0.5, 0.6) is 0 Å². The van der Waals surface area contributed by atoms with E-state index in [1.165, 1.54) is 0 Å². The number of anilines is 1. The summed E-state index contributed by atoms with van der Waals surface area (Å²) in [5.74, 6) is -0.680. The van der Waals surface area contributed by atoms with Crippen LogP contribution in [-0.4, -0.2) is 27.8 Å². The molecule has 19 heavy (non-hydrogen) atoms. The Hall–Kier alpha value is -2.16. The second-order valence-corrected chi connectivity index (χ2v) is 4.55. The summed E-state index contributed by atoms with van der Waals surface area (Å²) < 4.78 is 0. The number of rotatable bonds is 6. The monoisotopic (exact) mass is 262 g/mol. The summed E-state index contributed by atoms with van der Waals surface area (Å²) in [5, 5.41) is 28.8. The second-order valence-electron chi connectivity index (χ2n) is 4.55. The molecule has 2 N–H and O–H groups in total. The normalized spacial score (nSPS) is 11.7. The molecule has 0 spiro atoms. The van der Waals surface area contributed by atoms with Crippen molar-refractivity contribution in [3.05, 3.63) is 16.8 Å². The minimum absolute atomic E-state index is 0.358. The minimum Gasteiger partial charge on any atom is -0.481 e. The lowest BCUT2D eigenvalue weighted by Crippen LogP contribution is -2.13. The number of aliphatic carboxylic acids is 1. The fourth-order valence-corrected chi connectivity index (χ4v) is 1.61. The molecule has 0 aliphatic heterocycles. The molecule has 1 aromatic rings. The topological polar surface area (TPSA) is 98.9 Å².